The second-order valence-corrected chi connectivity index (χ2v) is 14.5. The van der Waals surface area contributed by atoms with Crippen molar-refractivity contribution in [2.24, 2.45) is 0 Å². The molecule has 0 saturated heterocycles. The molecule has 54 heavy (non-hydrogen) atoms. The summed E-state index contributed by atoms with van der Waals surface area (Å²) in [6.45, 7) is 0. The lowest BCUT2D eigenvalue weighted by atomic mass is 10.00. The number of nitrogens with zero attached hydrogens (tertiary/aromatic N) is 4. The molecule has 0 aromatic heterocycles. The first-order valence-electron chi connectivity index (χ1n) is 18.2. The van der Waals surface area contributed by atoms with Crippen LogP contribution in [-0.4, -0.2) is 56.4 Å². The van der Waals surface area contributed by atoms with Crippen molar-refractivity contribution in [2.75, 3.05) is 76.0 Å². The van der Waals surface area contributed by atoms with Crippen molar-refractivity contribution in [2.45, 2.75) is 0 Å². The van der Waals surface area contributed by atoms with E-state index in [2.05, 4.69) is 222 Å². The molecule has 6 nitrogen and oxygen atoms in total. The van der Waals surface area contributed by atoms with Crippen LogP contribution < -0.4 is 30.0 Å². The molecule has 0 fully saturated rings. The molecule has 2 aliphatic heterocycles. The molecule has 2 heterocycles. The van der Waals surface area contributed by atoms with Crippen molar-refractivity contribution in [3.63, 3.8) is 0 Å². The topological polar surface area (TPSA) is 31.4 Å². The lowest BCUT2D eigenvalue weighted by Gasteiger charge is -2.21. The SMILES string of the molecule is CN(C)c1ccc(C2=CC(=c3ccc(=C4C=C(c5ccc(N(C)C)cc5)OC(c5ccc(N(C)C)cc5)=C4)cc3)C=C(c3ccc(N(C)C)cc3)O2)cc1. The number of rotatable bonds is 8. The highest BCUT2D eigenvalue weighted by Gasteiger charge is 2.18. The van der Waals surface area contributed by atoms with Gasteiger partial charge in [0.05, 0.1) is 0 Å². The smallest absolute Gasteiger partial charge is 0.135 e. The fourth-order valence-corrected chi connectivity index (χ4v) is 6.46. The van der Waals surface area contributed by atoms with Gasteiger partial charge in [0.25, 0.3) is 0 Å². The van der Waals surface area contributed by atoms with Crippen LogP contribution >= 0.6 is 0 Å². The van der Waals surface area contributed by atoms with Crippen LogP contribution in [0.1, 0.15) is 22.3 Å². The molecular formula is C48H48N4O2. The van der Waals surface area contributed by atoms with Crippen LogP contribution in [0.3, 0.4) is 0 Å². The summed E-state index contributed by atoms with van der Waals surface area (Å²) in [6.07, 6.45) is 8.57. The van der Waals surface area contributed by atoms with Crippen LogP contribution in [-0.2, 0) is 9.47 Å². The molecule has 2 aliphatic rings. The summed E-state index contributed by atoms with van der Waals surface area (Å²) in [5, 5.41) is 2.21. The minimum atomic E-state index is 0.813. The summed E-state index contributed by atoms with van der Waals surface area (Å²) in [4.78, 5) is 8.41. The van der Waals surface area contributed by atoms with Gasteiger partial charge in [0, 0.05) is 101 Å². The third kappa shape index (κ3) is 7.83. The van der Waals surface area contributed by atoms with Gasteiger partial charge in [-0.2, -0.15) is 0 Å². The van der Waals surface area contributed by atoms with E-state index in [1.807, 2.05) is 0 Å². The van der Waals surface area contributed by atoms with Crippen molar-refractivity contribution in [3.05, 3.63) is 178 Å². The Hall–Kier alpha value is -6.40. The van der Waals surface area contributed by atoms with Gasteiger partial charge in [-0.3, -0.25) is 0 Å². The molecule has 0 amide bonds. The number of hydrogen-bond donors (Lipinski definition) is 0. The maximum Gasteiger partial charge on any atom is 0.135 e. The van der Waals surface area contributed by atoms with Gasteiger partial charge in [0.15, 0.2) is 0 Å². The van der Waals surface area contributed by atoms with Gasteiger partial charge in [0.2, 0.25) is 0 Å². The van der Waals surface area contributed by atoms with Crippen LogP contribution in [0.25, 0.3) is 34.2 Å². The molecule has 0 spiro atoms. The molecule has 0 radical (unpaired) electrons. The Bertz CT molecular complexity index is 2060. The highest BCUT2D eigenvalue weighted by atomic mass is 16.5. The summed E-state index contributed by atoms with van der Waals surface area (Å²) in [5.74, 6) is 3.25. The summed E-state index contributed by atoms with van der Waals surface area (Å²) in [5.41, 5.74) is 10.8. The van der Waals surface area contributed by atoms with Crippen molar-refractivity contribution in [3.8, 4) is 0 Å². The predicted molar refractivity (Wildman–Crippen MR) is 230 cm³/mol. The van der Waals surface area contributed by atoms with Crippen molar-refractivity contribution < 1.29 is 9.47 Å². The zero-order valence-electron chi connectivity index (χ0n) is 32.5. The number of allylic oxidation sites excluding steroid dienone is 4. The molecule has 0 atom stereocenters. The fourth-order valence-electron chi connectivity index (χ4n) is 6.46. The Morgan fingerprint density at radius 1 is 0.278 bits per heavy atom. The van der Waals surface area contributed by atoms with Crippen LogP contribution in [0.15, 0.2) is 146 Å². The molecule has 0 bridgehead atoms. The first kappa shape index (κ1) is 36.0. The van der Waals surface area contributed by atoms with Gasteiger partial charge in [0.1, 0.15) is 23.0 Å². The third-order valence-electron chi connectivity index (χ3n) is 9.81. The largest absolute Gasteiger partial charge is 0.456 e. The van der Waals surface area contributed by atoms with Gasteiger partial charge < -0.3 is 29.1 Å². The van der Waals surface area contributed by atoms with E-state index < -0.39 is 0 Å². The third-order valence-corrected chi connectivity index (χ3v) is 9.81. The van der Waals surface area contributed by atoms with Gasteiger partial charge in [-0.15, -0.1) is 0 Å². The molecule has 5 aromatic carbocycles. The second-order valence-electron chi connectivity index (χ2n) is 14.5. The molecule has 5 aromatic rings. The number of ether oxygens (including phenoxy) is 2. The van der Waals surface area contributed by atoms with Crippen molar-refractivity contribution in [1.82, 2.24) is 0 Å². The highest BCUT2D eigenvalue weighted by Crippen LogP contribution is 2.35. The van der Waals surface area contributed by atoms with Gasteiger partial charge in [-0.05, 0) is 143 Å². The van der Waals surface area contributed by atoms with Crippen LogP contribution in [0.2, 0.25) is 0 Å². The number of benzene rings is 5. The molecule has 0 N–H and O–H groups in total. The van der Waals surface area contributed by atoms with E-state index in [0.717, 1.165) is 89.6 Å². The van der Waals surface area contributed by atoms with Crippen molar-refractivity contribution in [1.29, 1.82) is 0 Å². The molecule has 272 valence electrons. The maximum atomic E-state index is 6.61. The number of hydrogen-bond acceptors (Lipinski definition) is 6. The quantitative estimate of drug-likeness (QED) is 0.161. The predicted octanol–water partition coefficient (Wildman–Crippen LogP) is 8.48. The van der Waals surface area contributed by atoms with E-state index in [0.29, 0.717) is 0 Å². The molecular weight excluding hydrogens is 665 g/mol. The van der Waals surface area contributed by atoms with E-state index in [4.69, 9.17) is 9.47 Å². The van der Waals surface area contributed by atoms with Crippen LogP contribution in [0, 0.1) is 0 Å². The zero-order chi connectivity index (χ0) is 37.9. The summed E-state index contributed by atoms with van der Waals surface area (Å²) >= 11 is 0. The minimum Gasteiger partial charge on any atom is -0.456 e. The zero-order valence-corrected chi connectivity index (χ0v) is 32.5. The molecule has 7 rings (SSSR count). The van der Waals surface area contributed by atoms with Gasteiger partial charge in [-0.25, -0.2) is 0 Å². The normalized spacial score (nSPS) is 13.9. The first-order valence-corrected chi connectivity index (χ1v) is 18.2. The van der Waals surface area contributed by atoms with Crippen LogP contribution in [0.4, 0.5) is 22.7 Å². The maximum absolute atomic E-state index is 6.61. The van der Waals surface area contributed by atoms with E-state index in [1.165, 1.54) is 0 Å². The van der Waals surface area contributed by atoms with E-state index in [1.54, 1.807) is 0 Å². The molecule has 6 heteroatoms. The minimum absolute atomic E-state index is 0.813. The Kier molecular flexibility index (Phi) is 10.2. The average molecular weight is 713 g/mol. The lowest BCUT2D eigenvalue weighted by Crippen LogP contribution is -2.14. The Morgan fingerprint density at radius 2 is 0.481 bits per heavy atom. The van der Waals surface area contributed by atoms with E-state index in [9.17, 15) is 0 Å². The van der Waals surface area contributed by atoms with Crippen LogP contribution in [0.5, 0.6) is 0 Å². The molecule has 0 aliphatic carbocycles. The van der Waals surface area contributed by atoms with E-state index in [-0.39, 0.29) is 0 Å². The highest BCUT2D eigenvalue weighted by molar-refractivity contribution is 5.91. The van der Waals surface area contributed by atoms with E-state index >= 15 is 0 Å². The second kappa shape index (κ2) is 15.3. The Labute approximate surface area is 319 Å². The van der Waals surface area contributed by atoms with Crippen molar-refractivity contribution >= 4 is 56.9 Å². The average Bonchev–Trinajstić information content (AvgIpc) is 3.20. The van der Waals surface area contributed by atoms with Gasteiger partial charge in [-0.1, -0.05) is 24.3 Å². The fraction of sp³-hybridized carbons (Fsp3) is 0.167. The monoisotopic (exact) mass is 712 g/mol. The molecule has 0 saturated carbocycles. The standard InChI is InChI=1S/C48H48N4O2/c1-49(2)41-21-13-35(14-22-41)45-29-39(30-46(53-45)36-15-23-42(24-16-36)50(3)4)33-9-11-34(12-10-33)40-31-47(37-17-25-43(26-18-37)51(5)6)54-48(32-40)38-19-27-44(28-20-38)52(7)8/h9-32H,1-8H3. The summed E-state index contributed by atoms with van der Waals surface area (Å²) in [7, 11) is 16.4. The summed E-state index contributed by atoms with van der Waals surface area (Å²) in [6, 6.07) is 42.8. The first-order chi connectivity index (χ1) is 26.0. The lowest BCUT2D eigenvalue weighted by molar-refractivity contribution is 0.468. The molecule has 0 unspecified atom stereocenters. The summed E-state index contributed by atoms with van der Waals surface area (Å²) < 4.78 is 13.2. The van der Waals surface area contributed by atoms with Gasteiger partial charge >= 0.3 is 0 Å². The Morgan fingerprint density at radius 3 is 0.667 bits per heavy atom. The Balaban J connectivity index is 1.34. The number of anilines is 4.